The topological polar surface area (TPSA) is 94.2 Å². The molecular weight excluding hydrogens is 322 g/mol. The number of hydrogen-bond acceptors (Lipinski definition) is 5. The maximum absolute atomic E-state index is 12.6. The number of nitro benzene ring substituents is 1. The molecule has 8 heteroatoms. The molecular formula is C17H21N5O3. The van der Waals surface area contributed by atoms with Crippen LogP contribution >= 0.6 is 0 Å². The Labute approximate surface area is 145 Å². The van der Waals surface area contributed by atoms with E-state index in [2.05, 4.69) is 17.0 Å². The normalized spacial score (nSPS) is 17.5. The van der Waals surface area contributed by atoms with E-state index in [1.807, 2.05) is 4.90 Å². The van der Waals surface area contributed by atoms with E-state index in [0.29, 0.717) is 17.4 Å². The molecule has 1 aliphatic heterocycles. The fourth-order valence-corrected chi connectivity index (χ4v) is 3.24. The maximum Gasteiger partial charge on any atom is 0.270 e. The Bertz CT molecular complexity index is 773. The molecule has 0 bridgehead atoms. The molecule has 8 nitrogen and oxygen atoms in total. The highest BCUT2D eigenvalue weighted by Gasteiger charge is 2.25. The Hall–Kier alpha value is -2.77. The van der Waals surface area contributed by atoms with Gasteiger partial charge in [0.25, 0.3) is 5.69 Å². The van der Waals surface area contributed by atoms with Crippen molar-refractivity contribution in [2.45, 2.75) is 45.2 Å². The summed E-state index contributed by atoms with van der Waals surface area (Å²) in [6.07, 6.45) is 5.72. The summed E-state index contributed by atoms with van der Waals surface area (Å²) in [5, 5.41) is 15.2. The molecule has 2 heterocycles. The average Bonchev–Trinajstić information content (AvgIpc) is 3.10. The minimum atomic E-state index is -0.453. The molecule has 1 saturated heterocycles. The second kappa shape index (κ2) is 7.42. The molecule has 0 N–H and O–H groups in total. The van der Waals surface area contributed by atoms with Crippen molar-refractivity contribution in [2.75, 3.05) is 6.54 Å². The summed E-state index contributed by atoms with van der Waals surface area (Å²) in [6.45, 7) is 3.04. The van der Waals surface area contributed by atoms with Gasteiger partial charge in [0.2, 0.25) is 5.91 Å². The number of nitro groups is 1. The smallest absolute Gasteiger partial charge is 0.270 e. The molecule has 0 spiro atoms. The SMILES string of the molecule is CC[C@@H]1CCCCN1C(=O)Cn1cnc(-c2cccc([N+](=O)[O-])c2)n1. The molecule has 3 rings (SSSR count). The predicted molar refractivity (Wildman–Crippen MR) is 91.8 cm³/mol. The van der Waals surface area contributed by atoms with Crippen LogP contribution in [0, 0.1) is 10.1 Å². The molecule has 1 aliphatic rings. The minimum absolute atomic E-state index is 0.0102. The van der Waals surface area contributed by atoms with Crippen LogP contribution in [0.3, 0.4) is 0 Å². The summed E-state index contributed by atoms with van der Waals surface area (Å²) < 4.78 is 1.50. The second-order valence-electron chi connectivity index (χ2n) is 6.22. The van der Waals surface area contributed by atoms with Gasteiger partial charge in [0.15, 0.2) is 5.82 Å². The van der Waals surface area contributed by atoms with Gasteiger partial charge in [-0.15, -0.1) is 0 Å². The Kier molecular flexibility index (Phi) is 5.06. The summed E-state index contributed by atoms with van der Waals surface area (Å²) in [5.41, 5.74) is 0.550. The van der Waals surface area contributed by atoms with E-state index in [9.17, 15) is 14.9 Å². The van der Waals surface area contributed by atoms with E-state index in [4.69, 9.17) is 0 Å². The average molecular weight is 343 g/mol. The van der Waals surface area contributed by atoms with E-state index in [-0.39, 0.29) is 18.1 Å². The van der Waals surface area contributed by atoms with Crippen molar-refractivity contribution in [3.63, 3.8) is 0 Å². The Morgan fingerprint density at radius 3 is 3.00 bits per heavy atom. The summed E-state index contributed by atoms with van der Waals surface area (Å²) in [6, 6.07) is 6.47. The summed E-state index contributed by atoms with van der Waals surface area (Å²) >= 11 is 0. The highest BCUT2D eigenvalue weighted by molar-refractivity contribution is 5.76. The third-order valence-electron chi connectivity index (χ3n) is 4.57. The highest BCUT2D eigenvalue weighted by atomic mass is 16.6. The van der Waals surface area contributed by atoms with Gasteiger partial charge in [-0.25, -0.2) is 9.67 Å². The number of piperidine rings is 1. The monoisotopic (exact) mass is 343 g/mol. The lowest BCUT2D eigenvalue weighted by atomic mass is 10.00. The van der Waals surface area contributed by atoms with E-state index in [0.717, 1.165) is 25.8 Å². The van der Waals surface area contributed by atoms with Crippen LogP contribution in [0.1, 0.15) is 32.6 Å². The molecule has 0 unspecified atom stereocenters. The Morgan fingerprint density at radius 1 is 1.40 bits per heavy atom. The third kappa shape index (κ3) is 3.84. The van der Waals surface area contributed by atoms with Crippen molar-refractivity contribution in [1.82, 2.24) is 19.7 Å². The van der Waals surface area contributed by atoms with Crippen molar-refractivity contribution in [1.29, 1.82) is 0 Å². The molecule has 0 aliphatic carbocycles. The molecule has 0 saturated carbocycles. The number of carbonyl (C=O) groups is 1. The first kappa shape index (κ1) is 17.1. The second-order valence-corrected chi connectivity index (χ2v) is 6.22. The van der Waals surface area contributed by atoms with Crippen LogP contribution in [0.2, 0.25) is 0 Å². The minimum Gasteiger partial charge on any atom is -0.338 e. The van der Waals surface area contributed by atoms with Gasteiger partial charge in [-0.1, -0.05) is 19.1 Å². The van der Waals surface area contributed by atoms with Gasteiger partial charge in [-0.05, 0) is 25.7 Å². The molecule has 2 aromatic rings. The largest absolute Gasteiger partial charge is 0.338 e. The fraction of sp³-hybridized carbons (Fsp3) is 0.471. The lowest BCUT2D eigenvalue weighted by Gasteiger charge is -2.35. The lowest BCUT2D eigenvalue weighted by Crippen LogP contribution is -2.44. The zero-order valence-electron chi connectivity index (χ0n) is 14.2. The van der Waals surface area contributed by atoms with Gasteiger partial charge in [0, 0.05) is 30.3 Å². The summed E-state index contributed by atoms with van der Waals surface area (Å²) in [4.78, 5) is 29.1. The van der Waals surface area contributed by atoms with Crippen LogP contribution in [0.25, 0.3) is 11.4 Å². The third-order valence-corrected chi connectivity index (χ3v) is 4.57. The zero-order valence-corrected chi connectivity index (χ0v) is 14.2. The van der Waals surface area contributed by atoms with Crippen molar-refractivity contribution in [2.24, 2.45) is 0 Å². The predicted octanol–water partition coefficient (Wildman–Crippen LogP) is 2.64. The van der Waals surface area contributed by atoms with Gasteiger partial charge in [-0.2, -0.15) is 5.10 Å². The highest BCUT2D eigenvalue weighted by Crippen LogP contribution is 2.22. The molecule has 1 fully saturated rings. The lowest BCUT2D eigenvalue weighted by molar-refractivity contribution is -0.384. The van der Waals surface area contributed by atoms with E-state index in [1.165, 1.54) is 29.6 Å². The summed E-state index contributed by atoms with van der Waals surface area (Å²) in [5.74, 6) is 0.421. The van der Waals surface area contributed by atoms with Crippen LogP contribution < -0.4 is 0 Å². The van der Waals surface area contributed by atoms with E-state index < -0.39 is 4.92 Å². The number of amides is 1. The van der Waals surface area contributed by atoms with Gasteiger partial charge in [0.05, 0.1) is 4.92 Å². The first-order valence-electron chi connectivity index (χ1n) is 8.52. The number of nitrogens with zero attached hydrogens (tertiary/aromatic N) is 5. The number of carbonyl (C=O) groups excluding carboxylic acids is 1. The number of non-ortho nitro benzene ring substituents is 1. The Morgan fingerprint density at radius 2 is 2.24 bits per heavy atom. The first-order chi connectivity index (χ1) is 12.1. The number of rotatable bonds is 5. The zero-order chi connectivity index (χ0) is 17.8. The number of hydrogen-bond donors (Lipinski definition) is 0. The summed E-state index contributed by atoms with van der Waals surface area (Å²) in [7, 11) is 0. The molecule has 1 atom stereocenters. The van der Waals surface area contributed by atoms with Gasteiger partial charge < -0.3 is 4.90 Å². The molecule has 1 aromatic carbocycles. The van der Waals surface area contributed by atoms with E-state index >= 15 is 0 Å². The van der Waals surface area contributed by atoms with Crippen LogP contribution in [0.5, 0.6) is 0 Å². The standard InChI is InChI=1S/C17H21N5O3/c1-2-14-7-3-4-9-21(14)16(23)11-20-12-18-17(19-20)13-6-5-8-15(10-13)22(24)25/h5-6,8,10,12,14H,2-4,7,9,11H2,1H3/t14-/m1/s1. The van der Waals surface area contributed by atoms with Crippen molar-refractivity contribution in [3.8, 4) is 11.4 Å². The molecule has 132 valence electrons. The number of likely N-dealkylation sites (tertiary alicyclic amines) is 1. The van der Waals surface area contributed by atoms with Crippen LogP contribution in [-0.4, -0.2) is 43.1 Å². The first-order valence-corrected chi connectivity index (χ1v) is 8.52. The van der Waals surface area contributed by atoms with Crippen molar-refractivity contribution >= 4 is 11.6 Å². The fourth-order valence-electron chi connectivity index (χ4n) is 3.24. The quantitative estimate of drug-likeness (QED) is 0.614. The van der Waals surface area contributed by atoms with Crippen molar-refractivity contribution in [3.05, 3.63) is 40.7 Å². The molecule has 1 aromatic heterocycles. The van der Waals surface area contributed by atoms with E-state index in [1.54, 1.807) is 12.1 Å². The van der Waals surface area contributed by atoms with Crippen LogP contribution in [0.4, 0.5) is 5.69 Å². The van der Waals surface area contributed by atoms with Crippen molar-refractivity contribution < 1.29 is 9.72 Å². The van der Waals surface area contributed by atoms with Gasteiger partial charge in [0.1, 0.15) is 12.9 Å². The van der Waals surface area contributed by atoms with Gasteiger partial charge in [-0.3, -0.25) is 14.9 Å². The Balaban J connectivity index is 1.72. The molecule has 0 radical (unpaired) electrons. The van der Waals surface area contributed by atoms with Gasteiger partial charge >= 0.3 is 0 Å². The maximum atomic E-state index is 12.6. The molecule has 1 amide bonds. The number of aromatic nitrogens is 3. The number of benzene rings is 1. The molecule has 25 heavy (non-hydrogen) atoms. The van der Waals surface area contributed by atoms with Crippen LogP contribution in [0.15, 0.2) is 30.6 Å². The van der Waals surface area contributed by atoms with Crippen LogP contribution in [-0.2, 0) is 11.3 Å².